The Morgan fingerprint density at radius 2 is 1.73 bits per heavy atom. The molecular weight excluding hydrogens is 442 g/mol. The number of amides is 2. The van der Waals surface area contributed by atoms with Crippen LogP contribution in [-0.4, -0.2) is 50.4 Å². The predicted molar refractivity (Wildman–Crippen MR) is 123 cm³/mol. The number of guanidine groups is 1. The third-order valence-corrected chi connectivity index (χ3v) is 6.85. The van der Waals surface area contributed by atoms with Crippen molar-refractivity contribution < 1.29 is 18.0 Å². The lowest BCUT2D eigenvalue weighted by atomic mass is 9.87. The smallest absolute Gasteiger partial charge is 0.280 e. The van der Waals surface area contributed by atoms with Crippen molar-refractivity contribution in [3.63, 3.8) is 0 Å². The number of carbonyl (C=O) groups is 2. The predicted octanol–water partition coefficient (Wildman–Crippen LogP) is 1.70. The molecule has 2 aromatic rings. The molecule has 0 spiro atoms. The van der Waals surface area contributed by atoms with Crippen LogP contribution in [0.5, 0.6) is 0 Å². The van der Waals surface area contributed by atoms with Gasteiger partial charge < -0.3 is 16.4 Å². The largest absolute Gasteiger partial charge is 0.370 e. The second-order valence-corrected chi connectivity index (χ2v) is 10.1. The highest BCUT2D eigenvalue weighted by molar-refractivity contribution is 7.90. The lowest BCUT2D eigenvalue weighted by Crippen LogP contribution is -2.38. The van der Waals surface area contributed by atoms with Gasteiger partial charge in [0.05, 0.1) is 16.5 Å². The van der Waals surface area contributed by atoms with Gasteiger partial charge in [0.15, 0.2) is 15.8 Å². The van der Waals surface area contributed by atoms with E-state index in [1.54, 1.807) is 42.2 Å². The highest BCUT2D eigenvalue weighted by Gasteiger charge is 2.29. The van der Waals surface area contributed by atoms with E-state index in [2.05, 4.69) is 4.99 Å². The van der Waals surface area contributed by atoms with Crippen LogP contribution in [0, 0.1) is 18.3 Å². The summed E-state index contributed by atoms with van der Waals surface area (Å²) in [6, 6.07) is 11.5. The quantitative estimate of drug-likeness (QED) is 0.511. The molecule has 4 N–H and O–H groups in total. The van der Waals surface area contributed by atoms with Gasteiger partial charge in [-0.1, -0.05) is 6.07 Å². The normalized spacial score (nSPS) is 14.4. The summed E-state index contributed by atoms with van der Waals surface area (Å²) in [7, 11) is -3.63. The number of nitriles is 1. The van der Waals surface area contributed by atoms with Gasteiger partial charge in [-0.05, 0) is 67.1 Å². The first-order valence-corrected chi connectivity index (χ1v) is 12.2. The van der Waals surface area contributed by atoms with Crippen LogP contribution in [0.4, 0.5) is 0 Å². The maximum atomic E-state index is 12.8. The minimum absolute atomic E-state index is 0.0686. The number of sulfone groups is 1. The number of rotatable bonds is 4. The van der Waals surface area contributed by atoms with E-state index in [1.807, 2.05) is 6.07 Å². The second kappa shape index (κ2) is 9.42. The Kier molecular flexibility index (Phi) is 6.84. The van der Waals surface area contributed by atoms with E-state index in [-0.39, 0.29) is 22.3 Å². The minimum Gasteiger partial charge on any atom is -0.370 e. The maximum Gasteiger partial charge on any atom is 0.280 e. The highest BCUT2D eigenvalue weighted by atomic mass is 32.2. The van der Waals surface area contributed by atoms with Crippen LogP contribution in [0.2, 0.25) is 0 Å². The molecule has 0 atom stereocenters. The summed E-state index contributed by atoms with van der Waals surface area (Å²) in [5, 5.41) is 8.91. The molecule has 1 saturated heterocycles. The summed E-state index contributed by atoms with van der Waals surface area (Å²) in [4.78, 5) is 30.5. The number of piperidine rings is 1. The minimum atomic E-state index is -3.63. The molecule has 0 bridgehead atoms. The molecule has 0 radical (unpaired) electrons. The molecule has 33 heavy (non-hydrogen) atoms. The van der Waals surface area contributed by atoms with Crippen LogP contribution < -0.4 is 11.5 Å². The average Bonchev–Trinajstić information content (AvgIpc) is 2.77. The van der Waals surface area contributed by atoms with Crippen molar-refractivity contribution in [3.8, 4) is 6.07 Å². The van der Waals surface area contributed by atoms with Gasteiger partial charge in [-0.3, -0.25) is 9.59 Å². The summed E-state index contributed by atoms with van der Waals surface area (Å²) in [6.07, 6.45) is 2.25. The third kappa shape index (κ3) is 5.38. The van der Waals surface area contributed by atoms with Crippen LogP contribution >= 0.6 is 0 Å². The number of aryl methyl sites for hydroxylation is 1. The van der Waals surface area contributed by atoms with E-state index in [1.165, 1.54) is 6.07 Å². The third-order valence-electron chi connectivity index (χ3n) is 5.70. The van der Waals surface area contributed by atoms with Gasteiger partial charge in [0.2, 0.25) is 0 Å². The molecule has 9 nitrogen and oxygen atoms in total. The van der Waals surface area contributed by atoms with E-state index in [0.29, 0.717) is 48.2 Å². The number of aliphatic imine (C=N–C) groups is 1. The van der Waals surface area contributed by atoms with Gasteiger partial charge in [-0.25, -0.2) is 8.42 Å². The van der Waals surface area contributed by atoms with Crippen molar-refractivity contribution in [2.75, 3.05) is 19.3 Å². The topological polar surface area (TPSA) is 160 Å². The van der Waals surface area contributed by atoms with Crippen molar-refractivity contribution in [3.05, 3.63) is 64.2 Å². The molecular formula is C23H25N5O4S. The fraction of sp³-hybridized carbons (Fsp3) is 0.304. The van der Waals surface area contributed by atoms with Crippen molar-refractivity contribution in [2.24, 2.45) is 16.5 Å². The number of hydrogen-bond acceptors (Lipinski definition) is 5. The van der Waals surface area contributed by atoms with Crippen molar-refractivity contribution in [2.45, 2.75) is 30.6 Å². The maximum absolute atomic E-state index is 12.8. The second-order valence-electron chi connectivity index (χ2n) is 8.07. The lowest BCUT2D eigenvalue weighted by Gasteiger charge is -2.33. The van der Waals surface area contributed by atoms with Crippen LogP contribution in [0.3, 0.4) is 0 Å². The summed E-state index contributed by atoms with van der Waals surface area (Å²) < 4.78 is 25.1. The molecule has 0 saturated carbocycles. The SMILES string of the molecule is Cc1cc(C2CCN(C(=O)c3ccc(C#N)cc3)CC2)c(S(C)(=O)=O)cc1C(=O)N=C(N)N. The molecule has 2 amide bonds. The molecule has 0 aliphatic carbocycles. The molecule has 1 aliphatic rings. The zero-order valence-electron chi connectivity index (χ0n) is 18.4. The van der Waals surface area contributed by atoms with Crippen LogP contribution in [-0.2, 0) is 9.84 Å². The lowest BCUT2D eigenvalue weighted by molar-refractivity contribution is 0.0712. The molecule has 0 aromatic heterocycles. The van der Waals surface area contributed by atoms with E-state index >= 15 is 0 Å². The van der Waals surface area contributed by atoms with Gasteiger partial charge in [0, 0.05) is 30.5 Å². The van der Waals surface area contributed by atoms with Gasteiger partial charge in [-0.15, -0.1) is 0 Å². The zero-order chi connectivity index (χ0) is 24.3. The standard InChI is InChI=1S/C23H25N5O4S/c1-14-11-19(20(33(2,31)32)12-18(14)21(29)27-23(25)26)16-7-9-28(10-8-16)22(30)17-5-3-15(13-24)4-6-17/h3-6,11-12,16H,7-10H2,1-2H3,(H4,25,26,27,29). The molecule has 2 aromatic carbocycles. The number of nitrogens with zero attached hydrogens (tertiary/aromatic N) is 3. The van der Waals surface area contributed by atoms with Gasteiger partial charge >= 0.3 is 0 Å². The molecule has 3 rings (SSSR count). The number of nitrogens with two attached hydrogens (primary N) is 2. The van der Waals surface area contributed by atoms with E-state index in [9.17, 15) is 18.0 Å². The summed E-state index contributed by atoms with van der Waals surface area (Å²) >= 11 is 0. The Hall–Kier alpha value is -3.71. The first kappa shape index (κ1) is 23.9. The Balaban J connectivity index is 1.85. The Morgan fingerprint density at radius 3 is 2.24 bits per heavy atom. The van der Waals surface area contributed by atoms with Gasteiger partial charge in [0.1, 0.15) is 0 Å². The van der Waals surface area contributed by atoms with E-state index in [0.717, 1.165) is 6.26 Å². The summed E-state index contributed by atoms with van der Waals surface area (Å²) in [5.41, 5.74) is 12.9. The fourth-order valence-electron chi connectivity index (χ4n) is 4.02. The molecule has 172 valence electrons. The highest BCUT2D eigenvalue weighted by Crippen LogP contribution is 2.35. The number of hydrogen-bond donors (Lipinski definition) is 2. The first-order chi connectivity index (χ1) is 15.5. The Bertz CT molecular complexity index is 1270. The Labute approximate surface area is 192 Å². The van der Waals surface area contributed by atoms with Crippen molar-refractivity contribution in [1.29, 1.82) is 5.26 Å². The van der Waals surface area contributed by atoms with Crippen LogP contribution in [0.25, 0.3) is 0 Å². The zero-order valence-corrected chi connectivity index (χ0v) is 19.2. The van der Waals surface area contributed by atoms with Crippen LogP contribution in [0.15, 0.2) is 46.3 Å². The molecule has 1 fully saturated rings. The first-order valence-electron chi connectivity index (χ1n) is 10.3. The molecule has 1 aliphatic heterocycles. The number of likely N-dealkylation sites (tertiary alicyclic amines) is 1. The van der Waals surface area contributed by atoms with Gasteiger partial charge in [0.25, 0.3) is 11.8 Å². The Morgan fingerprint density at radius 1 is 1.12 bits per heavy atom. The van der Waals surface area contributed by atoms with Crippen molar-refractivity contribution in [1.82, 2.24) is 4.90 Å². The van der Waals surface area contributed by atoms with E-state index < -0.39 is 21.7 Å². The number of benzene rings is 2. The molecule has 0 unspecified atom stereocenters. The summed E-state index contributed by atoms with van der Waals surface area (Å²) in [5.74, 6) is -1.32. The van der Waals surface area contributed by atoms with Crippen LogP contribution in [0.1, 0.15) is 56.2 Å². The molecule has 10 heteroatoms. The average molecular weight is 468 g/mol. The number of carbonyl (C=O) groups excluding carboxylic acids is 2. The molecule has 1 heterocycles. The van der Waals surface area contributed by atoms with E-state index in [4.69, 9.17) is 16.7 Å². The van der Waals surface area contributed by atoms with Crippen molar-refractivity contribution >= 4 is 27.6 Å². The fourth-order valence-corrected chi connectivity index (χ4v) is 5.01. The summed E-state index contributed by atoms with van der Waals surface area (Å²) in [6.45, 7) is 2.62. The monoisotopic (exact) mass is 467 g/mol. The van der Waals surface area contributed by atoms with Gasteiger partial charge in [-0.2, -0.15) is 10.3 Å².